The van der Waals surface area contributed by atoms with Gasteiger partial charge in [-0.2, -0.15) is 0 Å². The highest BCUT2D eigenvalue weighted by Crippen LogP contribution is 2.28. The Morgan fingerprint density at radius 3 is 1.48 bits per heavy atom. The van der Waals surface area contributed by atoms with Gasteiger partial charge in [-0.3, -0.25) is 0 Å². The molecule has 0 atom stereocenters. The van der Waals surface area contributed by atoms with E-state index in [9.17, 15) is 4.39 Å². The van der Waals surface area contributed by atoms with E-state index in [1.54, 1.807) is 6.07 Å². The van der Waals surface area contributed by atoms with E-state index in [0.717, 1.165) is 16.7 Å². The first kappa shape index (κ1) is 17.0. The predicted molar refractivity (Wildman–Crippen MR) is 98.1 cm³/mol. The minimum Gasteiger partial charge on any atom is -0.206 e. The summed E-state index contributed by atoms with van der Waals surface area (Å²) in [6, 6.07) is 21.5. The molecule has 0 N–H and O–H groups in total. The standard InChI is InChI=1S/C20H17F.C2H6/c1-14-3-7-16(8-4-14)18-11-12-19(20(21)13-18)17-9-5-15(2)6-10-17;1-2/h3-13H,1-2H3;1-2H3. The number of rotatable bonds is 2. The molecule has 3 aromatic rings. The van der Waals surface area contributed by atoms with E-state index in [1.807, 2.05) is 88.4 Å². The van der Waals surface area contributed by atoms with Crippen LogP contribution in [-0.2, 0) is 0 Å². The maximum atomic E-state index is 14.4. The first-order valence-corrected chi connectivity index (χ1v) is 8.07. The van der Waals surface area contributed by atoms with Gasteiger partial charge in [0.2, 0.25) is 0 Å². The number of hydrogen-bond donors (Lipinski definition) is 0. The van der Waals surface area contributed by atoms with Crippen LogP contribution in [0.1, 0.15) is 25.0 Å². The molecule has 0 heterocycles. The lowest BCUT2D eigenvalue weighted by atomic mass is 9.98. The third kappa shape index (κ3) is 4.07. The lowest BCUT2D eigenvalue weighted by Crippen LogP contribution is -1.87. The summed E-state index contributed by atoms with van der Waals surface area (Å²) in [5, 5.41) is 0. The van der Waals surface area contributed by atoms with Gasteiger partial charge in [0.1, 0.15) is 5.82 Å². The molecule has 0 radical (unpaired) electrons. The van der Waals surface area contributed by atoms with Crippen LogP contribution in [0.2, 0.25) is 0 Å². The Morgan fingerprint density at radius 2 is 1.00 bits per heavy atom. The Morgan fingerprint density at radius 1 is 0.565 bits per heavy atom. The second-order valence-corrected chi connectivity index (χ2v) is 5.43. The highest BCUT2D eigenvalue weighted by atomic mass is 19.1. The second kappa shape index (κ2) is 7.73. The van der Waals surface area contributed by atoms with Crippen LogP contribution >= 0.6 is 0 Å². The van der Waals surface area contributed by atoms with Gasteiger partial charge in [-0.25, -0.2) is 4.39 Å². The fourth-order valence-electron chi connectivity index (χ4n) is 2.41. The lowest BCUT2D eigenvalue weighted by Gasteiger charge is -2.08. The molecule has 0 bridgehead atoms. The summed E-state index contributed by atoms with van der Waals surface area (Å²) in [4.78, 5) is 0. The molecule has 3 rings (SSSR count). The van der Waals surface area contributed by atoms with Crippen LogP contribution in [-0.4, -0.2) is 0 Å². The fraction of sp³-hybridized carbons (Fsp3) is 0.182. The highest BCUT2D eigenvalue weighted by molar-refractivity contribution is 5.71. The smallest absolute Gasteiger partial charge is 0.131 e. The molecule has 0 saturated heterocycles. The average molecular weight is 306 g/mol. The van der Waals surface area contributed by atoms with Gasteiger partial charge in [0.15, 0.2) is 0 Å². The third-order valence-electron chi connectivity index (χ3n) is 3.72. The van der Waals surface area contributed by atoms with Crippen LogP contribution in [0.15, 0.2) is 66.7 Å². The van der Waals surface area contributed by atoms with Crippen molar-refractivity contribution in [2.45, 2.75) is 27.7 Å². The zero-order valence-corrected chi connectivity index (χ0v) is 14.2. The number of aryl methyl sites for hydroxylation is 2. The van der Waals surface area contributed by atoms with Gasteiger partial charge in [-0.05, 0) is 36.6 Å². The SMILES string of the molecule is CC.Cc1ccc(-c2ccc(-c3ccc(C)cc3)c(F)c2)cc1. The van der Waals surface area contributed by atoms with E-state index >= 15 is 0 Å². The van der Waals surface area contributed by atoms with E-state index in [1.165, 1.54) is 11.1 Å². The molecule has 0 spiro atoms. The van der Waals surface area contributed by atoms with Crippen LogP contribution in [0.4, 0.5) is 4.39 Å². The van der Waals surface area contributed by atoms with Gasteiger partial charge in [-0.15, -0.1) is 0 Å². The van der Waals surface area contributed by atoms with Crippen molar-refractivity contribution >= 4 is 0 Å². The van der Waals surface area contributed by atoms with Crippen LogP contribution in [0, 0.1) is 19.7 Å². The molecule has 0 fully saturated rings. The maximum Gasteiger partial charge on any atom is 0.131 e. The van der Waals surface area contributed by atoms with Crippen molar-refractivity contribution in [2.75, 3.05) is 0 Å². The normalized spacial score (nSPS) is 9.96. The van der Waals surface area contributed by atoms with Gasteiger partial charge in [-0.1, -0.05) is 85.6 Å². The van der Waals surface area contributed by atoms with Crippen LogP contribution in [0.25, 0.3) is 22.3 Å². The summed E-state index contributed by atoms with van der Waals surface area (Å²) in [6.07, 6.45) is 0. The van der Waals surface area contributed by atoms with E-state index in [0.29, 0.717) is 5.56 Å². The zero-order chi connectivity index (χ0) is 16.8. The van der Waals surface area contributed by atoms with Crippen molar-refractivity contribution < 1.29 is 4.39 Å². The Balaban J connectivity index is 0.000000924. The highest BCUT2D eigenvalue weighted by Gasteiger charge is 2.07. The lowest BCUT2D eigenvalue weighted by molar-refractivity contribution is 0.632. The first-order chi connectivity index (χ1) is 11.1. The van der Waals surface area contributed by atoms with Crippen molar-refractivity contribution in [1.82, 2.24) is 0 Å². The van der Waals surface area contributed by atoms with Gasteiger partial charge < -0.3 is 0 Å². The second-order valence-electron chi connectivity index (χ2n) is 5.43. The van der Waals surface area contributed by atoms with Crippen molar-refractivity contribution in [3.63, 3.8) is 0 Å². The van der Waals surface area contributed by atoms with E-state index in [2.05, 4.69) is 0 Å². The molecule has 0 nitrogen and oxygen atoms in total. The number of halogens is 1. The number of hydrogen-bond acceptors (Lipinski definition) is 0. The molecule has 0 aliphatic heterocycles. The molecule has 0 aromatic heterocycles. The van der Waals surface area contributed by atoms with Crippen LogP contribution in [0.3, 0.4) is 0 Å². The quantitative estimate of drug-likeness (QED) is 0.488. The van der Waals surface area contributed by atoms with Crippen LogP contribution < -0.4 is 0 Å². The molecular formula is C22H23F. The van der Waals surface area contributed by atoms with Crippen molar-refractivity contribution in [3.05, 3.63) is 83.7 Å². The zero-order valence-electron chi connectivity index (χ0n) is 14.2. The Kier molecular flexibility index (Phi) is 5.70. The molecule has 1 heteroatoms. The molecule has 23 heavy (non-hydrogen) atoms. The summed E-state index contributed by atoms with van der Waals surface area (Å²) < 4.78 is 14.4. The maximum absolute atomic E-state index is 14.4. The van der Waals surface area contributed by atoms with Gasteiger partial charge >= 0.3 is 0 Å². The molecule has 0 aliphatic carbocycles. The monoisotopic (exact) mass is 306 g/mol. The summed E-state index contributed by atoms with van der Waals surface area (Å²) in [5.74, 6) is -0.183. The van der Waals surface area contributed by atoms with Crippen molar-refractivity contribution in [3.8, 4) is 22.3 Å². The van der Waals surface area contributed by atoms with Crippen molar-refractivity contribution in [2.24, 2.45) is 0 Å². The molecule has 0 saturated carbocycles. The third-order valence-corrected chi connectivity index (χ3v) is 3.72. The number of benzene rings is 3. The molecule has 0 unspecified atom stereocenters. The first-order valence-electron chi connectivity index (χ1n) is 8.07. The average Bonchev–Trinajstić information content (AvgIpc) is 2.58. The summed E-state index contributed by atoms with van der Waals surface area (Å²) in [7, 11) is 0. The summed E-state index contributed by atoms with van der Waals surface area (Å²) in [5.41, 5.74) is 5.88. The minimum atomic E-state index is -0.183. The fourth-order valence-corrected chi connectivity index (χ4v) is 2.41. The van der Waals surface area contributed by atoms with Gasteiger partial charge in [0.25, 0.3) is 0 Å². The van der Waals surface area contributed by atoms with E-state index in [4.69, 9.17) is 0 Å². The Bertz CT molecular complexity index is 753. The van der Waals surface area contributed by atoms with Gasteiger partial charge in [0.05, 0.1) is 0 Å². The van der Waals surface area contributed by atoms with Crippen LogP contribution in [0.5, 0.6) is 0 Å². The molecule has 118 valence electrons. The van der Waals surface area contributed by atoms with E-state index < -0.39 is 0 Å². The Hall–Kier alpha value is -2.41. The van der Waals surface area contributed by atoms with E-state index in [-0.39, 0.29) is 5.82 Å². The van der Waals surface area contributed by atoms with Gasteiger partial charge in [0, 0.05) is 5.56 Å². The predicted octanol–water partition coefficient (Wildman–Crippen LogP) is 6.80. The molecule has 0 amide bonds. The topological polar surface area (TPSA) is 0 Å². The minimum absolute atomic E-state index is 0.183. The summed E-state index contributed by atoms with van der Waals surface area (Å²) in [6.45, 7) is 8.07. The molecular weight excluding hydrogens is 283 g/mol. The summed E-state index contributed by atoms with van der Waals surface area (Å²) >= 11 is 0. The molecule has 0 aliphatic rings. The largest absolute Gasteiger partial charge is 0.206 e. The molecule has 3 aromatic carbocycles. The Labute approximate surface area is 138 Å². The van der Waals surface area contributed by atoms with Crippen molar-refractivity contribution in [1.29, 1.82) is 0 Å².